The van der Waals surface area contributed by atoms with Gasteiger partial charge >= 0.3 is 0 Å². The summed E-state index contributed by atoms with van der Waals surface area (Å²) in [4.78, 5) is 0.145. The average Bonchev–Trinajstić information content (AvgIpc) is 2.91. The minimum absolute atomic E-state index is 0.145. The molecule has 2 aromatic rings. The van der Waals surface area contributed by atoms with Crippen LogP contribution in [0.5, 0.6) is 5.75 Å². The van der Waals surface area contributed by atoms with Crippen LogP contribution in [0.4, 0.5) is 0 Å². The number of nitrogens with zero attached hydrogens (tertiary/aromatic N) is 3. The summed E-state index contributed by atoms with van der Waals surface area (Å²) in [6.45, 7) is 0.605. The van der Waals surface area contributed by atoms with Gasteiger partial charge in [0, 0.05) is 18.8 Å². The van der Waals surface area contributed by atoms with E-state index in [0.717, 1.165) is 4.09 Å². The van der Waals surface area contributed by atoms with Gasteiger partial charge in [0.2, 0.25) is 0 Å². The zero-order valence-electron chi connectivity index (χ0n) is 10.6. The van der Waals surface area contributed by atoms with Gasteiger partial charge < -0.3 is 10.1 Å². The lowest BCUT2D eigenvalue weighted by atomic mass is 10.3. The number of aromatic nitrogens is 3. The third-order valence-electron chi connectivity index (χ3n) is 2.91. The summed E-state index contributed by atoms with van der Waals surface area (Å²) in [7, 11) is -2.22. The Kier molecular flexibility index (Phi) is 2.94. The molecule has 8 heteroatoms. The summed E-state index contributed by atoms with van der Waals surface area (Å²) in [6.07, 6.45) is 4.73. The van der Waals surface area contributed by atoms with Gasteiger partial charge in [-0.25, -0.2) is 0 Å². The Morgan fingerprint density at radius 1 is 1.40 bits per heavy atom. The van der Waals surface area contributed by atoms with Gasteiger partial charge in [0.15, 0.2) is 0 Å². The van der Waals surface area contributed by atoms with Crippen molar-refractivity contribution in [3.05, 3.63) is 41.5 Å². The lowest BCUT2D eigenvalue weighted by molar-refractivity contribution is 0.415. The van der Waals surface area contributed by atoms with Gasteiger partial charge in [-0.1, -0.05) is 11.3 Å². The van der Waals surface area contributed by atoms with Crippen molar-refractivity contribution >= 4 is 21.1 Å². The summed E-state index contributed by atoms with van der Waals surface area (Å²) in [5, 5.41) is 10.5. The van der Waals surface area contributed by atoms with Crippen LogP contribution in [0.3, 0.4) is 0 Å². The first-order valence-electron chi connectivity index (χ1n) is 5.88. The van der Waals surface area contributed by atoms with Gasteiger partial charge in [-0.3, -0.25) is 0 Å². The van der Waals surface area contributed by atoms with Gasteiger partial charge in [0.25, 0.3) is 10.0 Å². The third-order valence-corrected chi connectivity index (χ3v) is 4.48. The van der Waals surface area contributed by atoms with Crippen molar-refractivity contribution < 1.29 is 13.2 Å². The number of nitrogens with one attached hydrogen (secondary N) is 1. The van der Waals surface area contributed by atoms with E-state index in [1.807, 2.05) is 0 Å². The number of ether oxygens (including phenoxy) is 1. The number of dihydropyridines is 1. The van der Waals surface area contributed by atoms with E-state index in [0.29, 0.717) is 23.3 Å². The van der Waals surface area contributed by atoms with Crippen LogP contribution in [-0.4, -0.2) is 36.5 Å². The summed E-state index contributed by atoms with van der Waals surface area (Å²) in [6, 6.07) is 4.92. The molecule has 1 aliphatic heterocycles. The molecule has 7 nitrogen and oxygen atoms in total. The van der Waals surface area contributed by atoms with Gasteiger partial charge in [-0.2, -0.15) is 8.42 Å². The highest BCUT2D eigenvalue weighted by atomic mass is 32.2. The quantitative estimate of drug-likeness (QED) is 0.892. The van der Waals surface area contributed by atoms with Crippen LogP contribution >= 0.6 is 0 Å². The van der Waals surface area contributed by atoms with E-state index in [9.17, 15) is 8.42 Å². The van der Waals surface area contributed by atoms with Crippen LogP contribution in [-0.2, 0) is 10.0 Å². The van der Waals surface area contributed by atoms with Gasteiger partial charge in [0.05, 0.1) is 7.11 Å². The predicted molar refractivity (Wildman–Crippen MR) is 73.6 cm³/mol. The first kappa shape index (κ1) is 12.7. The minimum Gasteiger partial charge on any atom is -0.497 e. The largest absolute Gasteiger partial charge is 0.497 e. The maximum atomic E-state index is 12.5. The van der Waals surface area contributed by atoms with E-state index in [1.165, 1.54) is 13.3 Å². The zero-order chi connectivity index (χ0) is 14.2. The molecule has 1 aromatic heterocycles. The average molecular weight is 292 g/mol. The van der Waals surface area contributed by atoms with Crippen molar-refractivity contribution in [2.24, 2.45) is 0 Å². The fraction of sp³-hybridized carbons (Fsp3) is 0.167. The molecule has 0 aliphatic carbocycles. The van der Waals surface area contributed by atoms with Gasteiger partial charge in [-0.05, 0) is 18.2 Å². The van der Waals surface area contributed by atoms with Crippen molar-refractivity contribution in [1.82, 2.24) is 19.7 Å². The lowest BCUT2D eigenvalue weighted by Gasteiger charge is -2.09. The SMILES string of the molecule is COc1ccc2c(c1)nnn2S(=O)(=O)C1=CNCC=C1. The van der Waals surface area contributed by atoms with Crippen LogP contribution in [0.15, 0.2) is 41.5 Å². The molecular formula is C12H12N4O3S. The van der Waals surface area contributed by atoms with Gasteiger partial charge in [-0.15, -0.1) is 9.19 Å². The van der Waals surface area contributed by atoms with E-state index in [2.05, 4.69) is 15.6 Å². The van der Waals surface area contributed by atoms with Crippen molar-refractivity contribution in [2.75, 3.05) is 13.7 Å². The predicted octanol–water partition coefficient (Wildman–Crippen LogP) is 0.619. The number of benzene rings is 1. The topological polar surface area (TPSA) is 86.1 Å². The molecule has 1 aliphatic rings. The molecule has 1 aromatic carbocycles. The van der Waals surface area contributed by atoms with Crippen molar-refractivity contribution in [3.63, 3.8) is 0 Å². The fourth-order valence-electron chi connectivity index (χ4n) is 1.90. The van der Waals surface area contributed by atoms with Crippen LogP contribution in [0.2, 0.25) is 0 Å². The number of rotatable bonds is 3. The molecule has 3 rings (SSSR count). The Morgan fingerprint density at radius 3 is 2.95 bits per heavy atom. The highest BCUT2D eigenvalue weighted by molar-refractivity contribution is 7.94. The molecule has 0 saturated heterocycles. The zero-order valence-corrected chi connectivity index (χ0v) is 11.5. The standard InChI is InChI=1S/C12H12N4O3S/c1-19-9-4-5-12-11(7-9)14-15-16(12)20(17,18)10-3-2-6-13-8-10/h2-5,7-8,13H,6H2,1H3. The molecule has 0 bridgehead atoms. The van der Waals surface area contributed by atoms with Crippen LogP contribution in [0.25, 0.3) is 11.0 Å². The third kappa shape index (κ3) is 1.94. The highest BCUT2D eigenvalue weighted by Crippen LogP contribution is 2.22. The summed E-state index contributed by atoms with van der Waals surface area (Å²) in [5.41, 5.74) is 0.868. The highest BCUT2D eigenvalue weighted by Gasteiger charge is 2.23. The van der Waals surface area contributed by atoms with Crippen LogP contribution in [0.1, 0.15) is 0 Å². The molecule has 0 atom stereocenters. The summed E-state index contributed by atoms with van der Waals surface area (Å²) in [5.74, 6) is 0.598. The van der Waals surface area contributed by atoms with E-state index in [1.54, 1.807) is 30.4 Å². The molecule has 0 fully saturated rings. The lowest BCUT2D eigenvalue weighted by Crippen LogP contribution is -2.20. The molecule has 0 spiro atoms. The Bertz CT molecular complexity index is 820. The molecule has 0 amide bonds. The number of hydrogen-bond acceptors (Lipinski definition) is 6. The number of fused-ring (bicyclic) bond motifs is 1. The van der Waals surface area contributed by atoms with E-state index >= 15 is 0 Å². The molecule has 104 valence electrons. The van der Waals surface area contributed by atoms with Crippen LogP contribution < -0.4 is 10.1 Å². The Balaban J connectivity index is 2.15. The smallest absolute Gasteiger partial charge is 0.286 e. The summed E-state index contributed by atoms with van der Waals surface area (Å²) < 4.78 is 31.0. The van der Waals surface area contributed by atoms with E-state index in [-0.39, 0.29) is 4.91 Å². The molecule has 1 N–H and O–H groups in total. The Hall–Kier alpha value is -2.35. The second-order valence-electron chi connectivity index (χ2n) is 4.15. The second-order valence-corrected chi connectivity index (χ2v) is 5.92. The number of hydrogen-bond donors (Lipinski definition) is 1. The van der Waals surface area contributed by atoms with Crippen molar-refractivity contribution in [3.8, 4) is 5.75 Å². The number of allylic oxidation sites excluding steroid dienone is 1. The Labute approximate surface area is 115 Å². The van der Waals surface area contributed by atoms with E-state index < -0.39 is 10.0 Å². The van der Waals surface area contributed by atoms with E-state index in [4.69, 9.17) is 4.74 Å². The first-order valence-corrected chi connectivity index (χ1v) is 7.32. The molecule has 0 radical (unpaired) electrons. The van der Waals surface area contributed by atoms with Crippen LogP contribution in [0, 0.1) is 0 Å². The molecule has 2 heterocycles. The maximum Gasteiger partial charge on any atom is 0.286 e. The van der Waals surface area contributed by atoms with Gasteiger partial charge in [0.1, 0.15) is 21.7 Å². The fourth-order valence-corrected chi connectivity index (χ4v) is 3.14. The normalized spacial score (nSPS) is 14.9. The summed E-state index contributed by atoms with van der Waals surface area (Å²) >= 11 is 0. The first-order chi connectivity index (χ1) is 9.63. The Morgan fingerprint density at radius 2 is 2.25 bits per heavy atom. The van der Waals surface area contributed by atoms with Crippen molar-refractivity contribution in [1.29, 1.82) is 0 Å². The molecule has 20 heavy (non-hydrogen) atoms. The monoisotopic (exact) mass is 292 g/mol. The number of methoxy groups -OCH3 is 1. The second kappa shape index (κ2) is 4.64. The molecular weight excluding hydrogens is 280 g/mol. The van der Waals surface area contributed by atoms with Crippen molar-refractivity contribution in [2.45, 2.75) is 0 Å². The minimum atomic E-state index is -3.75. The maximum absolute atomic E-state index is 12.5. The molecule has 0 unspecified atom stereocenters. The molecule has 0 saturated carbocycles.